The molecule has 5 heterocycles. The first-order valence-electron chi connectivity index (χ1n) is 11.3. The Bertz CT molecular complexity index is 1200. The van der Waals surface area contributed by atoms with Crippen LogP contribution in [0, 0.1) is 13.8 Å². The highest BCUT2D eigenvalue weighted by Crippen LogP contribution is 2.42. The minimum absolute atomic E-state index is 0.0114. The molecule has 8 nitrogen and oxygen atoms in total. The fourth-order valence-corrected chi connectivity index (χ4v) is 6.39. The third kappa shape index (κ3) is 4.80. The number of amides is 1. The first-order valence-corrected chi connectivity index (χ1v) is 13.1. The molecule has 0 saturated carbocycles. The van der Waals surface area contributed by atoms with Crippen LogP contribution in [0.1, 0.15) is 48.5 Å². The maximum atomic E-state index is 12.6. The average Bonchev–Trinajstić information content (AvgIpc) is 3.48. The second-order valence-electron chi connectivity index (χ2n) is 9.30. The SMILES string of the molecule is Cc1cc(C)n(-c2nc(SCC(=O)NC[C@H]3CCCO3)c3c4c(sc3n2)COC(C)(C)C4)n1. The number of carbonyl (C=O) groups is 1. The summed E-state index contributed by atoms with van der Waals surface area (Å²) in [7, 11) is 0. The zero-order valence-corrected chi connectivity index (χ0v) is 21.1. The van der Waals surface area contributed by atoms with E-state index in [9.17, 15) is 4.79 Å². The van der Waals surface area contributed by atoms with Gasteiger partial charge in [-0.05, 0) is 52.2 Å². The van der Waals surface area contributed by atoms with Gasteiger partial charge in [0, 0.05) is 35.5 Å². The van der Waals surface area contributed by atoms with Gasteiger partial charge in [0.1, 0.15) is 9.86 Å². The van der Waals surface area contributed by atoms with E-state index < -0.39 is 0 Å². The molecule has 1 N–H and O–H groups in total. The van der Waals surface area contributed by atoms with E-state index in [0.29, 0.717) is 24.9 Å². The van der Waals surface area contributed by atoms with Crippen LogP contribution in [0.2, 0.25) is 0 Å². The number of nitrogens with zero attached hydrogens (tertiary/aromatic N) is 4. The van der Waals surface area contributed by atoms with Crippen LogP contribution >= 0.6 is 23.1 Å². The molecule has 2 aliphatic heterocycles. The van der Waals surface area contributed by atoms with Gasteiger partial charge in [-0.15, -0.1) is 11.3 Å². The smallest absolute Gasteiger partial charge is 0.253 e. The number of ether oxygens (including phenoxy) is 2. The van der Waals surface area contributed by atoms with Crippen molar-refractivity contribution in [2.75, 3.05) is 18.9 Å². The summed E-state index contributed by atoms with van der Waals surface area (Å²) >= 11 is 3.11. The van der Waals surface area contributed by atoms with Gasteiger partial charge in [-0.1, -0.05) is 11.8 Å². The van der Waals surface area contributed by atoms with Gasteiger partial charge in [0.2, 0.25) is 5.91 Å². The molecule has 176 valence electrons. The van der Waals surface area contributed by atoms with Crippen LogP contribution in [-0.2, 0) is 27.3 Å². The minimum Gasteiger partial charge on any atom is -0.376 e. The van der Waals surface area contributed by atoms with Crippen LogP contribution in [0.5, 0.6) is 0 Å². The summed E-state index contributed by atoms with van der Waals surface area (Å²) in [6.07, 6.45) is 3.00. The number of aromatic nitrogens is 4. The van der Waals surface area contributed by atoms with Crippen molar-refractivity contribution >= 4 is 39.2 Å². The van der Waals surface area contributed by atoms with Crippen LogP contribution in [0.3, 0.4) is 0 Å². The van der Waals surface area contributed by atoms with Gasteiger partial charge in [-0.25, -0.2) is 9.67 Å². The summed E-state index contributed by atoms with van der Waals surface area (Å²) in [6.45, 7) is 10.1. The number of nitrogens with one attached hydrogen (secondary N) is 1. The van der Waals surface area contributed by atoms with E-state index >= 15 is 0 Å². The molecule has 0 unspecified atom stereocenters. The van der Waals surface area contributed by atoms with E-state index in [1.54, 1.807) is 16.0 Å². The van der Waals surface area contributed by atoms with Crippen molar-refractivity contribution in [2.24, 2.45) is 0 Å². The van der Waals surface area contributed by atoms with Crippen molar-refractivity contribution < 1.29 is 14.3 Å². The summed E-state index contributed by atoms with van der Waals surface area (Å²) in [5.74, 6) is 0.816. The minimum atomic E-state index is -0.240. The van der Waals surface area contributed by atoms with E-state index in [4.69, 9.17) is 19.4 Å². The number of aryl methyl sites for hydroxylation is 2. The number of hydrogen-bond donors (Lipinski definition) is 1. The molecule has 0 aliphatic carbocycles. The Labute approximate surface area is 201 Å². The molecular formula is C23H29N5O3S2. The fraction of sp³-hybridized carbons (Fsp3) is 0.565. The highest BCUT2D eigenvalue weighted by Gasteiger charge is 2.31. The highest BCUT2D eigenvalue weighted by atomic mass is 32.2. The predicted octanol–water partition coefficient (Wildman–Crippen LogP) is 3.73. The lowest BCUT2D eigenvalue weighted by atomic mass is 9.95. The fourth-order valence-electron chi connectivity index (χ4n) is 4.35. The van der Waals surface area contributed by atoms with Gasteiger partial charge in [0.25, 0.3) is 5.95 Å². The molecule has 3 aromatic heterocycles. The van der Waals surface area contributed by atoms with Crippen molar-refractivity contribution in [1.29, 1.82) is 0 Å². The molecule has 2 aliphatic rings. The standard InChI is InChI=1S/C23H29N5O3S2/c1-13-8-14(2)28(27-13)22-25-20(32-12-18(29)24-10-15-6-5-7-30-15)19-16-9-23(3,4)31-11-17(16)33-21(19)26-22/h8,15H,5-7,9-12H2,1-4H3,(H,24,29)/t15-/m1/s1. The van der Waals surface area contributed by atoms with Gasteiger partial charge >= 0.3 is 0 Å². The molecule has 3 aromatic rings. The van der Waals surface area contributed by atoms with Crippen LogP contribution in [0.4, 0.5) is 0 Å². The largest absolute Gasteiger partial charge is 0.376 e. The van der Waals surface area contributed by atoms with Crippen molar-refractivity contribution in [2.45, 2.75) is 70.3 Å². The molecule has 0 spiro atoms. The van der Waals surface area contributed by atoms with Gasteiger partial charge in [0.15, 0.2) is 0 Å². The topological polar surface area (TPSA) is 91.2 Å². The third-order valence-corrected chi connectivity index (χ3v) is 8.05. The number of thiophene rings is 1. The van der Waals surface area contributed by atoms with E-state index in [-0.39, 0.29) is 17.6 Å². The zero-order valence-electron chi connectivity index (χ0n) is 19.4. The molecule has 10 heteroatoms. The van der Waals surface area contributed by atoms with Crippen molar-refractivity contribution in [1.82, 2.24) is 25.1 Å². The average molecular weight is 488 g/mol. The molecule has 1 amide bonds. The molecule has 33 heavy (non-hydrogen) atoms. The van der Waals surface area contributed by atoms with E-state index in [1.807, 2.05) is 19.9 Å². The Kier molecular flexibility index (Phi) is 6.19. The monoisotopic (exact) mass is 487 g/mol. The highest BCUT2D eigenvalue weighted by molar-refractivity contribution is 8.00. The van der Waals surface area contributed by atoms with Gasteiger partial charge < -0.3 is 14.8 Å². The Morgan fingerprint density at radius 1 is 1.36 bits per heavy atom. The van der Waals surface area contributed by atoms with Crippen molar-refractivity contribution in [3.8, 4) is 5.95 Å². The van der Waals surface area contributed by atoms with Crippen LogP contribution in [0.15, 0.2) is 11.1 Å². The second kappa shape index (κ2) is 8.98. The molecule has 0 aromatic carbocycles. The molecule has 0 radical (unpaired) electrons. The summed E-state index contributed by atoms with van der Waals surface area (Å²) in [5.41, 5.74) is 2.89. The molecular weight excluding hydrogens is 458 g/mol. The lowest BCUT2D eigenvalue weighted by molar-refractivity contribution is -0.119. The normalized spacial score (nSPS) is 19.7. The lowest BCUT2D eigenvalue weighted by Crippen LogP contribution is -2.33. The molecule has 1 atom stereocenters. The lowest BCUT2D eigenvalue weighted by Gasteiger charge is -2.30. The first kappa shape index (κ1) is 22.8. The summed E-state index contributed by atoms with van der Waals surface area (Å²) in [6, 6.07) is 2.01. The summed E-state index contributed by atoms with van der Waals surface area (Å²) in [4.78, 5) is 24.5. The Morgan fingerprint density at radius 3 is 2.94 bits per heavy atom. The number of carbonyl (C=O) groups excluding carboxylic acids is 1. The molecule has 1 saturated heterocycles. The number of hydrogen-bond acceptors (Lipinski definition) is 8. The number of rotatable bonds is 6. The van der Waals surface area contributed by atoms with Crippen LogP contribution in [-0.4, -0.2) is 56.3 Å². The van der Waals surface area contributed by atoms with Crippen molar-refractivity contribution in [3.05, 3.63) is 27.9 Å². The van der Waals surface area contributed by atoms with Gasteiger partial charge in [-0.3, -0.25) is 4.79 Å². The third-order valence-electron chi connectivity index (χ3n) is 5.98. The van der Waals surface area contributed by atoms with E-state index in [0.717, 1.165) is 52.5 Å². The maximum absolute atomic E-state index is 12.6. The summed E-state index contributed by atoms with van der Waals surface area (Å²) in [5, 5.41) is 9.45. The number of fused-ring (bicyclic) bond motifs is 3. The van der Waals surface area contributed by atoms with Crippen LogP contribution in [0.25, 0.3) is 16.2 Å². The van der Waals surface area contributed by atoms with Gasteiger partial charge in [0.05, 0.1) is 29.8 Å². The van der Waals surface area contributed by atoms with Gasteiger partial charge in [-0.2, -0.15) is 10.1 Å². The Morgan fingerprint density at radius 2 is 2.21 bits per heavy atom. The van der Waals surface area contributed by atoms with E-state index in [2.05, 4.69) is 24.3 Å². The van der Waals surface area contributed by atoms with Crippen molar-refractivity contribution in [3.63, 3.8) is 0 Å². The van der Waals surface area contributed by atoms with E-state index in [1.165, 1.54) is 22.2 Å². The van der Waals surface area contributed by atoms with Crippen LogP contribution < -0.4 is 5.32 Å². The quantitative estimate of drug-likeness (QED) is 0.418. The Balaban J connectivity index is 1.47. The second-order valence-corrected chi connectivity index (χ2v) is 11.4. The maximum Gasteiger partial charge on any atom is 0.253 e. The molecule has 1 fully saturated rings. The summed E-state index contributed by atoms with van der Waals surface area (Å²) < 4.78 is 13.4. The molecule has 0 bridgehead atoms. The number of thioether (sulfide) groups is 1. The Hall–Kier alpha value is -2.01. The predicted molar refractivity (Wildman–Crippen MR) is 129 cm³/mol. The zero-order chi connectivity index (χ0) is 23.2. The molecule has 5 rings (SSSR count). The first-order chi connectivity index (χ1) is 15.8.